The molecule has 1 aromatic heterocycles. The molecule has 0 bridgehead atoms. The van der Waals surface area contributed by atoms with Gasteiger partial charge >= 0.3 is 0 Å². The molecule has 3 N–H and O–H groups in total. The van der Waals surface area contributed by atoms with E-state index < -0.39 is 18.2 Å². The Morgan fingerprint density at radius 2 is 1.73 bits per heavy atom. The zero-order valence-corrected chi connectivity index (χ0v) is 22.7. The fourth-order valence-corrected chi connectivity index (χ4v) is 4.12. The Kier molecular flexibility index (Phi) is 10.8. The first-order valence-electron chi connectivity index (χ1n) is 13.2. The van der Waals surface area contributed by atoms with Gasteiger partial charge < -0.3 is 39.5 Å². The molecule has 2 aromatic rings. The first kappa shape index (κ1) is 29.4. The van der Waals surface area contributed by atoms with Gasteiger partial charge in [-0.1, -0.05) is 0 Å². The molecule has 0 radical (unpaired) electrons. The molecular formula is C27H35F2N5O6. The van der Waals surface area contributed by atoms with E-state index in [9.17, 15) is 8.78 Å². The number of nitrogens with zero attached hydrogens (tertiary/aromatic N) is 3. The van der Waals surface area contributed by atoms with E-state index in [1.807, 2.05) is 0 Å². The summed E-state index contributed by atoms with van der Waals surface area (Å²) in [5.74, 6) is -1.28. The standard InChI is InChI=1S/C27H35F2N5O6/c1-35-20-12-21(36-2)26(29)19(25(20)28)16-39-18-13-31-27(32-14-18)34-22(33-23-7-3-5-9-37-23)11-17(30)15-40-24-8-4-6-10-38-24/h11-14,23-24H,3-10,15-16,30H2,1-2H3,(H,31,32,33,34)/b17-11-. The van der Waals surface area contributed by atoms with Crippen molar-refractivity contribution in [2.24, 2.45) is 10.7 Å². The molecule has 2 fully saturated rings. The quantitative estimate of drug-likeness (QED) is 0.305. The van der Waals surface area contributed by atoms with E-state index in [2.05, 4.69) is 20.3 Å². The molecule has 13 heteroatoms. The lowest BCUT2D eigenvalue weighted by Crippen LogP contribution is -2.25. The lowest BCUT2D eigenvalue weighted by molar-refractivity contribution is -0.157. The summed E-state index contributed by atoms with van der Waals surface area (Å²) in [6.45, 7) is 1.05. The molecule has 0 spiro atoms. The van der Waals surface area contributed by atoms with Crippen LogP contribution in [0.15, 0.2) is 35.2 Å². The van der Waals surface area contributed by atoms with Gasteiger partial charge in [-0.25, -0.2) is 23.7 Å². The number of halogens is 2. The summed E-state index contributed by atoms with van der Waals surface area (Å²) in [6.07, 6.45) is 9.47. The summed E-state index contributed by atoms with van der Waals surface area (Å²) in [4.78, 5) is 13.1. The Morgan fingerprint density at radius 1 is 1.05 bits per heavy atom. The number of ether oxygens (including phenoxy) is 6. The van der Waals surface area contributed by atoms with Gasteiger partial charge in [-0.15, -0.1) is 0 Å². The fourth-order valence-electron chi connectivity index (χ4n) is 4.12. The molecule has 2 unspecified atom stereocenters. The number of nitrogens with one attached hydrogen (secondary N) is 1. The average molecular weight is 564 g/mol. The number of hydrogen-bond acceptors (Lipinski definition) is 10. The number of amidine groups is 1. The van der Waals surface area contributed by atoms with Crippen LogP contribution in [0.25, 0.3) is 0 Å². The minimum Gasteiger partial charge on any atom is -0.494 e. The van der Waals surface area contributed by atoms with Gasteiger partial charge in [0.15, 0.2) is 41.4 Å². The summed E-state index contributed by atoms with van der Waals surface area (Å²) in [5, 5.41) is 3.04. The van der Waals surface area contributed by atoms with E-state index in [1.54, 1.807) is 6.08 Å². The molecule has 2 aliphatic heterocycles. The van der Waals surface area contributed by atoms with Gasteiger partial charge in [-0.05, 0) is 38.5 Å². The van der Waals surface area contributed by atoms with Gasteiger partial charge in [-0.2, -0.15) is 0 Å². The van der Waals surface area contributed by atoms with Gasteiger partial charge in [0.2, 0.25) is 5.95 Å². The first-order chi connectivity index (χ1) is 19.5. The number of methoxy groups -OCH3 is 2. The van der Waals surface area contributed by atoms with E-state index in [1.165, 1.54) is 26.6 Å². The molecule has 3 heterocycles. The molecule has 218 valence electrons. The largest absolute Gasteiger partial charge is 0.494 e. The maximum absolute atomic E-state index is 14.6. The average Bonchev–Trinajstić information content (AvgIpc) is 2.98. The number of nitrogens with two attached hydrogens (primary N) is 1. The monoisotopic (exact) mass is 563 g/mol. The second-order valence-electron chi connectivity index (χ2n) is 9.21. The van der Waals surface area contributed by atoms with Gasteiger partial charge in [0.05, 0.1) is 38.8 Å². The second kappa shape index (κ2) is 14.7. The lowest BCUT2D eigenvalue weighted by atomic mass is 10.1. The summed E-state index contributed by atoms with van der Waals surface area (Å²) < 4.78 is 61.8. The molecule has 2 aliphatic rings. The highest BCUT2D eigenvalue weighted by Crippen LogP contribution is 2.32. The topological polar surface area (TPSA) is 132 Å². The number of anilines is 1. The summed E-state index contributed by atoms with van der Waals surface area (Å²) in [6, 6.07) is 1.13. The van der Waals surface area contributed by atoms with Crippen LogP contribution in [0, 0.1) is 11.6 Å². The third-order valence-electron chi connectivity index (χ3n) is 6.25. The Hall–Kier alpha value is -3.55. The molecule has 40 heavy (non-hydrogen) atoms. The van der Waals surface area contributed by atoms with Crippen molar-refractivity contribution in [1.82, 2.24) is 9.97 Å². The van der Waals surface area contributed by atoms with Crippen molar-refractivity contribution in [2.75, 3.05) is 39.4 Å². The highest BCUT2D eigenvalue weighted by Gasteiger charge is 2.21. The maximum Gasteiger partial charge on any atom is 0.228 e. The van der Waals surface area contributed by atoms with Crippen molar-refractivity contribution in [3.63, 3.8) is 0 Å². The normalized spacial score (nSPS) is 20.2. The van der Waals surface area contributed by atoms with Crippen LogP contribution in [0.4, 0.5) is 14.7 Å². The highest BCUT2D eigenvalue weighted by atomic mass is 19.1. The van der Waals surface area contributed by atoms with Crippen molar-refractivity contribution in [2.45, 2.75) is 57.6 Å². The predicted molar refractivity (Wildman–Crippen MR) is 142 cm³/mol. The molecule has 2 atom stereocenters. The van der Waals surface area contributed by atoms with Gasteiger partial charge in [-0.3, -0.25) is 0 Å². The van der Waals surface area contributed by atoms with Crippen LogP contribution >= 0.6 is 0 Å². The summed E-state index contributed by atoms with van der Waals surface area (Å²) in [7, 11) is 2.55. The molecule has 0 saturated carbocycles. The van der Waals surface area contributed by atoms with Crippen LogP contribution in [0.5, 0.6) is 17.2 Å². The zero-order valence-electron chi connectivity index (χ0n) is 22.7. The molecular weight excluding hydrogens is 528 g/mol. The smallest absolute Gasteiger partial charge is 0.228 e. The van der Waals surface area contributed by atoms with E-state index in [0.29, 0.717) is 24.7 Å². The van der Waals surface area contributed by atoms with Crippen LogP contribution < -0.4 is 25.3 Å². The van der Waals surface area contributed by atoms with Crippen LogP contribution in [-0.2, 0) is 20.8 Å². The number of aromatic nitrogens is 2. The van der Waals surface area contributed by atoms with Crippen molar-refractivity contribution >= 4 is 11.8 Å². The van der Waals surface area contributed by atoms with E-state index in [-0.39, 0.29) is 47.9 Å². The van der Waals surface area contributed by atoms with E-state index in [0.717, 1.165) is 44.6 Å². The third-order valence-corrected chi connectivity index (χ3v) is 6.25. The number of rotatable bonds is 11. The number of benzene rings is 1. The SMILES string of the molecule is COc1cc(OC)c(F)c(COc2cnc(NC(/C=C(\N)COC3CCCCO3)=NC3CCCCO3)nc2)c1F. The number of hydrogen-bond donors (Lipinski definition) is 2. The van der Waals surface area contributed by atoms with Gasteiger partial charge in [0.25, 0.3) is 0 Å². The van der Waals surface area contributed by atoms with Crippen LogP contribution in [-0.4, -0.2) is 62.4 Å². The summed E-state index contributed by atoms with van der Waals surface area (Å²) in [5.41, 5.74) is 6.31. The maximum atomic E-state index is 14.6. The van der Waals surface area contributed by atoms with Gasteiger partial charge in [0, 0.05) is 31.1 Å². The Balaban J connectivity index is 1.42. The van der Waals surface area contributed by atoms with Crippen LogP contribution in [0.2, 0.25) is 0 Å². The fraction of sp³-hybridized carbons (Fsp3) is 0.519. The van der Waals surface area contributed by atoms with Crippen LogP contribution in [0.1, 0.15) is 44.1 Å². The van der Waals surface area contributed by atoms with E-state index in [4.69, 9.17) is 34.2 Å². The predicted octanol–water partition coefficient (Wildman–Crippen LogP) is 4.07. The lowest BCUT2D eigenvalue weighted by Gasteiger charge is -2.23. The number of aliphatic imine (C=N–C) groups is 1. The van der Waals surface area contributed by atoms with Gasteiger partial charge in [0.1, 0.15) is 12.4 Å². The molecule has 0 amide bonds. The minimum absolute atomic E-state index is 0.162. The molecule has 11 nitrogen and oxygen atoms in total. The molecule has 1 aromatic carbocycles. The van der Waals surface area contributed by atoms with Crippen molar-refractivity contribution in [1.29, 1.82) is 0 Å². The molecule has 4 rings (SSSR count). The molecule has 2 saturated heterocycles. The van der Waals surface area contributed by atoms with E-state index >= 15 is 0 Å². The second-order valence-corrected chi connectivity index (χ2v) is 9.21. The van der Waals surface area contributed by atoms with Crippen molar-refractivity contribution in [3.8, 4) is 17.2 Å². The minimum atomic E-state index is -0.880. The first-order valence-corrected chi connectivity index (χ1v) is 13.2. The molecule has 0 aliphatic carbocycles. The van der Waals surface area contributed by atoms with Crippen LogP contribution in [0.3, 0.4) is 0 Å². The third kappa shape index (κ3) is 8.23. The Morgan fingerprint density at radius 3 is 2.33 bits per heavy atom. The zero-order chi connectivity index (χ0) is 28.3. The Labute approximate surface area is 231 Å². The van der Waals surface area contributed by atoms with Crippen molar-refractivity contribution in [3.05, 3.63) is 47.4 Å². The summed E-state index contributed by atoms with van der Waals surface area (Å²) >= 11 is 0. The highest BCUT2D eigenvalue weighted by molar-refractivity contribution is 6.03. The Bertz CT molecular complexity index is 1140. The van der Waals surface area contributed by atoms with Crippen molar-refractivity contribution < 1.29 is 37.2 Å².